The van der Waals surface area contributed by atoms with Gasteiger partial charge in [-0.05, 0) is 30.9 Å². The molecule has 0 saturated carbocycles. The number of amides is 2. The Morgan fingerprint density at radius 2 is 1.85 bits per heavy atom. The van der Waals surface area contributed by atoms with Crippen molar-refractivity contribution in [3.8, 4) is 0 Å². The fourth-order valence-electron chi connectivity index (χ4n) is 4.16. The van der Waals surface area contributed by atoms with Crippen LogP contribution in [0.4, 0.5) is 4.79 Å². The normalized spacial score (nSPS) is 21.0. The molecule has 0 unspecified atom stereocenters. The number of carbonyl (C=O) groups is 2. The highest BCUT2D eigenvalue weighted by Gasteiger charge is 2.48. The van der Waals surface area contributed by atoms with Gasteiger partial charge in [-0.25, -0.2) is 4.79 Å². The van der Waals surface area contributed by atoms with E-state index in [1.807, 2.05) is 36.1 Å². The predicted molar refractivity (Wildman–Crippen MR) is 96.7 cm³/mol. The Labute approximate surface area is 153 Å². The van der Waals surface area contributed by atoms with Crippen LogP contribution in [0.5, 0.6) is 0 Å². The van der Waals surface area contributed by atoms with E-state index >= 15 is 0 Å². The van der Waals surface area contributed by atoms with E-state index in [4.69, 9.17) is 15.6 Å². The summed E-state index contributed by atoms with van der Waals surface area (Å²) in [5.41, 5.74) is 7.61. The second-order valence-electron chi connectivity index (χ2n) is 7.29. The largest absolute Gasteiger partial charge is 0.465 e. The lowest BCUT2D eigenvalue weighted by atomic mass is 9.78. The van der Waals surface area contributed by atoms with Crippen LogP contribution >= 0.6 is 0 Å². The molecule has 2 aliphatic rings. The molecule has 7 heteroatoms. The van der Waals surface area contributed by atoms with Crippen LogP contribution in [0.1, 0.15) is 43.9 Å². The van der Waals surface area contributed by atoms with Gasteiger partial charge in [0.1, 0.15) is 0 Å². The maximum atomic E-state index is 12.6. The first-order chi connectivity index (χ1) is 12.3. The lowest BCUT2D eigenvalue weighted by molar-refractivity contribution is -0.151. The Balaban J connectivity index is 1.94. The van der Waals surface area contributed by atoms with E-state index in [-0.39, 0.29) is 18.0 Å². The first kappa shape index (κ1) is 18.7. The Bertz CT molecular complexity index is 662. The number of benzene rings is 1. The third-order valence-electron chi connectivity index (χ3n) is 5.59. The zero-order valence-corrected chi connectivity index (χ0v) is 15.4. The van der Waals surface area contributed by atoms with Crippen molar-refractivity contribution < 1.29 is 19.4 Å². The van der Waals surface area contributed by atoms with E-state index < -0.39 is 11.6 Å². The summed E-state index contributed by atoms with van der Waals surface area (Å²) < 4.78 is 5.57. The van der Waals surface area contributed by atoms with E-state index in [9.17, 15) is 9.59 Å². The van der Waals surface area contributed by atoms with Gasteiger partial charge in [-0.3, -0.25) is 4.79 Å². The molecule has 2 aliphatic heterocycles. The zero-order valence-electron chi connectivity index (χ0n) is 15.4. The van der Waals surface area contributed by atoms with E-state index in [1.54, 1.807) is 6.92 Å². The van der Waals surface area contributed by atoms with Gasteiger partial charge in [-0.1, -0.05) is 24.3 Å². The van der Waals surface area contributed by atoms with Crippen molar-refractivity contribution in [2.45, 2.75) is 44.3 Å². The Kier molecular flexibility index (Phi) is 5.20. The minimum Gasteiger partial charge on any atom is -0.465 e. The fourth-order valence-corrected chi connectivity index (χ4v) is 4.16. The second kappa shape index (κ2) is 7.25. The average Bonchev–Trinajstić information content (AvgIpc) is 2.57. The van der Waals surface area contributed by atoms with E-state index in [2.05, 4.69) is 0 Å². The van der Waals surface area contributed by atoms with Crippen molar-refractivity contribution in [2.24, 2.45) is 5.73 Å². The van der Waals surface area contributed by atoms with Crippen molar-refractivity contribution in [1.82, 2.24) is 9.80 Å². The summed E-state index contributed by atoms with van der Waals surface area (Å²) in [5, 5.41) is 9.14. The molecule has 3 rings (SSSR count). The molecule has 0 radical (unpaired) electrons. The van der Waals surface area contributed by atoms with Gasteiger partial charge in [-0.15, -0.1) is 0 Å². The minimum atomic E-state index is -0.938. The van der Waals surface area contributed by atoms with E-state index in [0.717, 1.165) is 11.1 Å². The highest BCUT2D eigenvalue weighted by atomic mass is 16.5. The van der Waals surface area contributed by atoms with Crippen LogP contribution in [-0.4, -0.2) is 59.3 Å². The topological polar surface area (TPSA) is 96.1 Å². The van der Waals surface area contributed by atoms with E-state index in [0.29, 0.717) is 39.1 Å². The number of ether oxygens (including phenoxy) is 1. The SMILES string of the molecule is CC(=O)N(C1CN(C(=O)O)C1)C1(c2ccc([C@H](C)N)cc2)CCOCC1. The third-order valence-corrected chi connectivity index (χ3v) is 5.59. The second-order valence-corrected chi connectivity index (χ2v) is 7.29. The molecule has 2 fully saturated rings. The number of carboxylic acid groups (broad SMARTS) is 1. The van der Waals surface area contributed by atoms with Crippen molar-refractivity contribution in [3.63, 3.8) is 0 Å². The lowest BCUT2D eigenvalue weighted by Crippen LogP contribution is -2.67. The van der Waals surface area contributed by atoms with Gasteiger partial charge in [0.2, 0.25) is 5.91 Å². The molecule has 1 aromatic carbocycles. The number of hydrogen-bond donors (Lipinski definition) is 2. The predicted octanol–water partition coefficient (Wildman–Crippen LogP) is 1.92. The number of likely N-dealkylation sites (tertiary alicyclic amines) is 1. The molecule has 26 heavy (non-hydrogen) atoms. The van der Waals surface area contributed by atoms with Crippen LogP contribution < -0.4 is 5.73 Å². The molecular formula is C19H27N3O4. The fraction of sp³-hybridized carbons (Fsp3) is 0.579. The summed E-state index contributed by atoms with van der Waals surface area (Å²) in [6.07, 6.45) is 0.466. The van der Waals surface area contributed by atoms with Gasteiger partial charge in [0.25, 0.3) is 0 Å². The maximum absolute atomic E-state index is 12.6. The molecule has 0 aliphatic carbocycles. The van der Waals surface area contributed by atoms with Crippen LogP contribution in [0.25, 0.3) is 0 Å². The summed E-state index contributed by atoms with van der Waals surface area (Å²) >= 11 is 0. The van der Waals surface area contributed by atoms with Crippen molar-refractivity contribution >= 4 is 12.0 Å². The molecule has 2 amide bonds. The van der Waals surface area contributed by atoms with Gasteiger partial charge in [0.05, 0.1) is 11.6 Å². The summed E-state index contributed by atoms with van der Waals surface area (Å²) in [6.45, 7) is 5.38. The zero-order chi connectivity index (χ0) is 18.9. The van der Waals surface area contributed by atoms with Crippen molar-refractivity contribution in [3.05, 3.63) is 35.4 Å². The molecule has 142 valence electrons. The Morgan fingerprint density at radius 1 is 1.27 bits per heavy atom. The average molecular weight is 361 g/mol. The van der Waals surface area contributed by atoms with Crippen LogP contribution in [0, 0.1) is 0 Å². The minimum absolute atomic E-state index is 0.0294. The van der Waals surface area contributed by atoms with Crippen LogP contribution in [-0.2, 0) is 15.1 Å². The molecular weight excluding hydrogens is 334 g/mol. The number of nitrogens with two attached hydrogens (primary N) is 1. The number of hydrogen-bond acceptors (Lipinski definition) is 4. The molecule has 1 aromatic rings. The van der Waals surface area contributed by atoms with Gasteiger partial charge in [0.15, 0.2) is 0 Å². The summed E-state index contributed by atoms with van der Waals surface area (Å²) in [7, 11) is 0. The molecule has 1 atom stereocenters. The van der Waals surface area contributed by atoms with Crippen LogP contribution in [0.3, 0.4) is 0 Å². The van der Waals surface area contributed by atoms with Crippen LogP contribution in [0.2, 0.25) is 0 Å². The first-order valence-electron chi connectivity index (χ1n) is 9.07. The first-order valence-corrected chi connectivity index (χ1v) is 9.07. The number of carbonyl (C=O) groups excluding carboxylic acids is 1. The molecule has 2 heterocycles. The van der Waals surface area contributed by atoms with Gasteiger partial charge < -0.3 is 25.4 Å². The van der Waals surface area contributed by atoms with Crippen LogP contribution in [0.15, 0.2) is 24.3 Å². The summed E-state index contributed by atoms with van der Waals surface area (Å²) in [6, 6.07) is 7.98. The van der Waals surface area contributed by atoms with E-state index in [1.165, 1.54) is 4.90 Å². The molecule has 0 spiro atoms. The molecule has 2 saturated heterocycles. The van der Waals surface area contributed by atoms with Gasteiger partial charge >= 0.3 is 6.09 Å². The lowest BCUT2D eigenvalue weighted by Gasteiger charge is -2.54. The molecule has 0 aromatic heterocycles. The smallest absolute Gasteiger partial charge is 0.407 e. The summed E-state index contributed by atoms with van der Waals surface area (Å²) in [5.74, 6) is -0.0294. The summed E-state index contributed by atoms with van der Waals surface area (Å²) in [4.78, 5) is 27.0. The Hall–Kier alpha value is -2.12. The quantitative estimate of drug-likeness (QED) is 0.854. The standard InChI is InChI=1S/C19H27N3O4/c1-13(20)15-3-5-16(6-4-15)19(7-9-26-10-8-19)22(14(2)23)17-11-21(12-17)18(24)25/h3-6,13,17H,7-12,20H2,1-2H3,(H,24,25)/t13-/m0/s1. The highest BCUT2D eigenvalue weighted by molar-refractivity contribution is 5.76. The van der Waals surface area contributed by atoms with Gasteiger partial charge in [0, 0.05) is 39.3 Å². The maximum Gasteiger partial charge on any atom is 0.407 e. The van der Waals surface area contributed by atoms with Crippen molar-refractivity contribution in [2.75, 3.05) is 26.3 Å². The molecule has 3 N–H and O–H groups in total. The molecule has 0 bridgehead atoms. The number of rotatable bonds is 4. The molecule has 7 nitrogen and oxygen atoms in total. The highest BCUT2D eigenvalue weighted by Crippen LogP contribution is 2.41. The monoisotopic (exact) mass is 361 g/mol. The van der Waals surface area contributed by atoms with Gasteiger partial charge in [-0.2, -0.15) is 0 Å². The Morgan fingerprint density at radius 3 is 2.31 bits per heavy atom. The third kappa shape index (κ3) is 3.29. The van der Waals surface area contributed by atoms with Crippen molar-refractivity contribution in [1.29, 1.82) is 0 Å². The number of nitrogens with zero attached hydrogens (tertiary/aromatic N) is 2.